The second kappa shape index (κ2) is 11.2. The molecule has 1 aromatic heterocycles. The summed E-state index contributed by atoms with van der Waals surface area (Å²) in [4.78, 5) is 54.6. The molecule has 1 unspecified atom stereocenters. The van der Waals surface area contributed by atoms with Gasteiger partial charge < -0.3 is 20.1 Å². The second-order valence-electron chi connectivity index (χ2n) is 9.42. The summed E-state index contributed by atoms with van der Waals surface area (Å²) in [6.07, 6.45) is 5.78. The lowest BCUT2D eigenvalue weighted by Gasteiger charge is -2.25. The Hall–Kier alpha value is -4.21. The van der Waals surface area contributed by atoms with Crippen LogP contribution in [0.4, 0.5) is 5.69 Å². The van der Waals surface area contributed by atoms with E-state index in [0.29, 0.717) is 24.2 Å². The van der Waals surface area contributed by atoms with Crippen LogP contribution in [-0.2, 0) is 9.59 Å². The van der Waals surface area contributed by atoms with Gasteiger partial charge in [0.1, 0.15) is 6.04 Å². The zero-order chi connectivity index (χ0) is 25.6. The van der Waals surface area contributed by atoms with Gasteiger partial charge in [0.15, 0.2) is 0 Å². The maximum Gasteiger partial charge on any atom is 0.257 e. The fourth-order valence-corrected chi connectivity index (χ4v) is 4.76. The monoisotopic (exact) mass is 501 g/mol. The molecule has 0 radical (unpaired) electrons. The predicted octanol–water partition coefficient (Wildman–Crippen LogP) is 2.76. The standard InChI is InChI=1S/C27H31N7O3/c35-24(33-13-6-7-14-33)17-34-15-5-4-10-22(26(34)37)31-27(32-25(36)19-8-2-1-3-9-19)30-20-11-12-21-23(16-20)29-18-28-21/h1-3,8-9,11-12,16,18,22H,4-7,10,13-15,17H2,(H,28,29)(H2,30,31,32,36). The maximum absolute atomic E-state index is 13.5. The van der Waals surface area contributed by atoms with Crippen LogP contribution in [0.15, 0.2) is 59.9 Å². The van der Waals surface area contributed by atoms with Crippen LogP contribution < -0.4 is 10.6 Å². The average Bonchev–Trinajstić information content (AvgIpc) is 3.59. The summed E-state index contributed by atoms with van der Waals surface area (Å²) >= 11 is 0. The number of fused-ring (bicyclic) bond motifs is 1. The summed E-state index contributed by atoms with van der Waals surface area (Å²) in [5.74, 6) is -0.364. The third-order valence-electron chi connectivity index (χ3n) is 6.77. The fourth-order valence-electron chi connectivity index (χ4n) is 4.76. The molecule has 2 aliphatic rings. The maximum atomic E-state index is 13.5. The SMILES string of the molecule is O=C(NC(=NC1CCCCN(CC(=O)N2CCCC2)C1=O)Nc1ccc2nc[nH]c2c1)c1ccccc1. The fraction of sp³-hybridized carbons (Fsp3) is 0.370. The average molecular weight is 502 g/mol. The van der Waals surface area contributed by atoms with Crippen LogP contribution in [0.25, 0.3) is 11.0 Å². The van der Waals surface area contributed by atoms with E-state index in [1.54, 1.807) is 35.5 Å². The highest BCUT2D eigenvalue weighted by Crippen LogP contribution is 2.19. The highest BCUT2D eigenvalue weighted by molar-refractivity contribution is 6.10. The number of H-pyrrole nitrogens is 1. The highest BCUT2D eigenvalue weighted by atomic mass is 16.2. The van der Waals surface area contributed by atoms with Crippen molar-refractivity contribution in [1.82, 2.24) is 25.1 Å². The molecule has 2 aliphatic heterocycles. The van der Waals surface area contributed by atoms with Crippen LogP contribution >= 0.6 is 0 Å². The molecule has 0 aliphatic carbocycles. The Morgan fingerprint density at radius 1 is 1.03 bits per heavy atom. The van der Waals surface area contributed by atoms with Crippen molar-refractivity contribution >= 4 is 40.4 Å². The molecule has 3 heterocycles. The van der Waals surface area contributed by atoms with E-state index in [1.165, 1.54) is 0 Å². The summed E-state index contributed by atoms with van der Waals surface area (Å²) in [5, 5.41) is 6.02. The number of aromatic amines is 1. The molecule has 0 saturated carbocycles. The van der Waals surface area contributed by atoms with Crippen molar-refractivity contribution in [1.29, 1.82) is 0 Å². The molecule has 192 valence electrons. The zero-order valence-corrected chi connectivity index (χ0v) is 20.7. The second-order valence-corrected chi connectivity index (χ2v) is 9.42. The van der Waals surface area contributed by atoms with Gasteiger partial charge in [-0.3, -0.25) is 19.7 Å². The summed E-state index contributed by atoms with van der Waals surface area (Å²) in [5.41, 5.74) is 2.81. The normalized spacial score (nSPS) is 18.6. The summed E-state index contributed by atoms with van der Waals surface area (Å²) in [6.45, 7) is 2.10. The van der Waals surface area contributed by atoms with E-state index in [2.05, 4.69) is 20.6 Å². The van der Waals surface area contributed by atoms with Gasteiger partial charge in [-0.05, 0) is 62.4 Å². The minimum Gasteiger partial charge on any atom is -0.345 e. The third-order valence-corrected chi connectivity index (χ3v) is 6.77. The number of guanidine groups is 1. The van der Waals surface area contributed by atoms with E-state index in [-0.39, 0.29) is 30.2 Å². The number of aliphatic imine (C=N–C) groups is 1. The number of rotatable bonds is 5. The molecule has 37 heavy (non-hydrogen) atoms. The van der Waals surface area contributed by atoms with Crippen LogP contribution in [0.2, 0.25) is 0 Å². The van der Waals surface area contributed by atoms with E-state index in [1.807, 2.05) is 29.2 Å². The number of anilines is 1. The van der Waals surface area contributed by atoms with E-state index < -0.39 is 6.04 Å². The Labute approximate surface area is 215 Å². The highest BCUT2D eigenvalue weighted by Gasteiger charge is 2.30. The Morgan fingerprint density at radius 3 is 2.62 bits per heavy atom. The quantitative estimate of drug-likeness (QED) is 0.367. The number of nitrogens with one attached hydrogen (secondary N) is 3. The summed E-state index contributed by atoms with van der Waals surface area (Å²) < 4.78 is 0. The van der Waals surface area contributed by atoms with Gasteiger partial charge in [0.25, 0.3) is 5.91 Å². The van der Waals surface area contributed by atoms with E-state index in [9.17, 15) is 14.4 Å². The number of imidazole rings is 1. The number of aromatic nitrogens is 2. The molecule has 5 rings (SSSR count). The number of likely N-dealkylation sites (tertiary alicyclic amines) is 2. The van der Waals surface area contributed by atoms with Gasteiger partial charge in [-0.25, -0.2) is 9.98 Å². The predicted molar refractivity (Wildman–Crippen MR) is 141 cm³/mol. The van der Waals surface area contributed by atoms with Crippen molar-refractivity contribution in [2.24, 2.45) is 4.99 Å². The van der Waals surface area contributed by atoms with Crippen molar-refractivity contribution < 1.29 is 14.4 Å². The number of amides is 3. The Balaban J connectivity index is 1.38. The Morgan fingerprint density at radius 2 is 1.81 bits per heavy atom. The molecule has 3 aromatic rings. The van der Waals surface area contributed by atoms with Gasteiger partial charge in [-0.15, -0.1) is 0 Å². The molecule has 10 nitrogen and oxygen atoms in total. The van der Waals surface area contributed by atoms with Crippen molar-refractivity contribution in [3.63, 3.8) is 0 Å². The van der Waals surface area contributed by atoms with Crippen LogP contribution in [0.1, 0.15) is 42.5 Å². The molecule has 3 amide bonds. The smallest absolute Gasteiger partial charge is 0.257 e. The number of hydrogen-bond acceptors (Lipinski definition) is 5. The molecular weight excluding hydrogens is 470 g/mol. The van der Waals surface area contributed by atoms with Gasteiger partial charge in [-0.2, -0.15) is 0 Å². The van der Waals surface area contributed by atoms with Crippen LogP contribution in [0.5, 0.6) is 0 Å². The number of benzene rings is 2. The lowest BCUT2D eigenvalue weighted by atomic mass is 10.1. The third kappa shape index (κ3) is 5.96. The van der Waals surface area contributed by atoms with Crippen molar-refractivity contribution in [2.45, 2.75) is 38.1 Å². The Kier molecular flexibility index (Phi) is 7.43. The number of carbonyl (C=O) groups is 3. The topological polar surface area (TPSA) is 123 Å². The number of carbonyl (C=O) groups excluding carboxylic acids is 3. The number of hydrogen-bond donors (Lipinski definition) is 3. The van der Waals surface area contributed by atoms with Gasteiger partial charge in [0, 0.05) is 30.9 Å². The first-order valence-electron chi connectivity index (χ1n) is 12.8. The molecular formula is C27H31N7O3. The molecule has 0 bridgehead atoms. The van der Waals surface area contributed by atoms with Gasteiger partial charge >= 0.3 is 0 Å². The van der Waals surface area contributed by atoms with Gasteiger partial charge in [0.2, 0.25) is 17.8 Å². The van der Waals surface area contributed by atoms with Gasteiger partial charge in [-0.1, -0.05) is 18.2 Å². The van der Waals surface area contributed by atoms with Crippen LogP contribution in [0.3, 0.4) is 0 Å². The van der Waals surface area contributed by atoms with Crippen molar-refractivity contribution in [2.75, 3.05) is 31.5 Å². The summed E-state index contributed by atoms with van der Waals surface area (Å²) in [7, 11) is 0. The summed E-state index contributed by atoms with van der Waals surface area (Å²) in [6, 6.07) is 13.7. The van der Waals surface area contributed by atoms with E-state index in [4.69, 9.17) is 4.99 Å². The molecule has 10 heteroatoms. The lowest BCUT2D eigenvalue weighted by molar-refractivity contribution is -0.140. The molecule has 0 spiro atoms. The molecule has 2 aromatic carbocycles. The lowest BCUT2D eigenvalue weighted by Crippen LogP contribution is -2.45. The minimum atomic E-state index is -0.705. The van der Waals surface area contributed by atoms with Crippen LogP contribution in [0, 0.1) is 0 Å². The first kappa shape index (κ1) is 24.5. The van der Waals surface area contributed by atoms with E-state index in [0.717, 1.165) is 49.8 Å². The molecule has 2 saturated heterocycles. The van der Waals surface area contributed by atoms with Crippen molar-refractivity contribution in [3.05, 3.63) is 60.4 Å². The molecule has 2 fully saturated rings. The van der Waals surface area contributed by atoms with E-state index >= 15 is 0 Å². The first-order valence-corrected chi connectivity index (χ1v) is 12.8. The first-order chi connectivity index (χ1) is 18.1. The minimum absolute atomic E-state index is 0.0148. The largest absolute Gasteiger partial charge is 0.345 e. The van der Waals surface area contributed by atoms with Crippen molar-refractivity contribution in [3.8, 4) is 0 Å². The van der Waals surface area contributed by atoms with Crippen LogP contribution in [-0.4, -0.2) is 75.7 Å². The molecule has 1 atom stereocenters. The zero-order valence-electron chi connectivity index (χ0n) is 20.7. The molecule has 3 N–H and O–H groups in total. The number of nitrogens with zero attached hydrogens (tertiary/aromatic N) is 4. The Bertz CT molecular complexity index is 1300. The van der Waals surface area contributed by atoms with Gasteiger partial charge in [0.05, 0.1) is 23.9 Å².